The minimum Gasteiger partial charge on any atom is -0.508 e. The van der Waals surface area contributed by atoms with Gasteiger partial charge in [0.2, 0.25) is 0 Å². The van der Waals surface area contributed by atoms with E-state index in [4.69, 9.17) is 10.2 Å². The van der Waals surface area contributed by atoms with E-state index in [-0.39, 0.29) is 17.1 Å². The van der Waals surface area contributed by atoms with Gasteiger partial charge in [0.05, 0.1) is 11.3 Å². The molecule has 0 saturated carbocycles. The number of carbonyl (C=O) groups is 1. The van der Waals surface area contributed by atoms with E-state index in [1.165, 1.54) is 36.5 Å². The molecular formula is C14H11NO4. The van der Waals surface area contributed by atoms with Crippen LogP contribution in [0.1, 0.15) is 15.9 Å². The molecule has 96 valence electrons. The standard InChI is InChI=1S/C14H11NO4/c16-12-6-3-10(13(17)7-12)8-15-11-4-1-9(2-5-11)14(18)19/h1-8,16-17H,(H,18,19)/b15-8+. The van der Waals surface area contributed by atoms with Crippen molar-refractivity contribution in [1.82, 2.24) is 0 Å². The van der Waals surface area contributed by atoms with Crippen molar-refractivity contribution in [3.05, 3.63) is 53.6 Å². The molecule has 2 aromatic rings. The van der Waals surface area contributed by atoms with Crippen molar-refractivity contribution < 1.29 is 20.1 Å². The average Bonchev–Trinajstić information content (AvgIpc) is 2.38. The van der Waals surface area contributed by atoms with Crippen LogP contribution in [0.3, 0.4) is 0 Å². The zero-order valence-corrected chi connectivity index (χ0v) is 9.82. The van der Waals surface area contributed by atoms with Gasteiger partial charge >= 0.3 is 5.97 Å². The van der Waals surface area contributed by atoms with E-state index in [0.29, 0.717) is 11.3 Å². The molecule has 0 atom stereocenters. The van der Waals surface area contributed by atoms with Crippen LogP contribution in [0.2, 0.25) is 0 Å². The molecule has 0 saturated heterocycles. The Balaban J connectivity index is 2.20. The molecular weight excluding hydrogens is 246 g/mol. The molecule has 0 radical (unpaired) electrons. The summed E-state index contributed by atoms with van der Waals surface area (Å²) < 4.78 is 0. The first-order chi connectivity index (χ1) is 9.06. The van der Waals surface area contributed by atoms with Crippen LogP contribution in [-0.4, -0.2) is 27.5 Å². The Morgan fingerprint density at radius 3 is 2.32 bits per heavy atom. The topological polar surface area (TPSA) is 90.1 Å². The van der Waals surface area contributed by atoms with Gasteiger partial charge in [-0.15, -0.1) is 0 Å². The first-order valence-corrected chi connectivity index (χ1v) is 5.45. The van der Waals surface area contributed by atoms with Gasteiger partial charge in [-0.25, -0.2) is 4.79 Å². The summed E-state index contributed by atoms with van der Waals surface area (Å²) in [6, 6.07) is 10.2. The van der Waals surface area contributed by atoms with Crippen LogP contribution >= 0.6 is 0 Å². The van der Waals surface area contributed by atoms with Crippen molar-refractivity contribution in [2.45, 2.75) is 0 Å². The molecule has 5 nitrogen and oxygen atoms in total. The summed E-state index contributed by atoms with van der Waals surface area (Å²) in [6.07, 6.45) is 1.44. The largest absolute Gasteiger partial charge is 0.508 e. The molecule has 2 rings (SSSR count). The van der Waals surface area contributed by atoms with Crippen LogP contribution in [0.15, 0.2) is 47.5 Å². The third-order valence-corrected chi connectivity index (χ3v) is 2.48. The molecule has 0 aromatic heterocycles. The first-order valence-electron chi connectivity index (χ1n) is 5.45. The van der Waals surface area contributed by atoms with Crippen LogP contribution in [0.25, 0.3) is 0 Å². The monoisotopic (exact) mass is 257 g/mol. The molecule has 3 N–H and O–H groups in total. The number of rotatable bonds is 3. The smallest absolute Gasteiger partial charge is 0.335 e. The Morgan fingerprint density at radius 1 is 1.05 bits per heavy atom. The van der Waals surface area contributed by atoms with Crippen molar-refractivity contribution in [3.63, 3.8) is 0 Å². The Morgan fingerprint density at radius 2 is 1.74 bits per heavy atom. The van der Waals surface area contributed by atoms with Crippen molar-refractivity contribution in [3.8, 4) is 11.5 Å². The lowest BCUT2D eigenvalue weighted by Crippen LogP contribution is -1.94. The zero-order chi connectivity index (χ0) is 13.8. The second-order valence-corrected chi connectivity index (χ2v) is 3.85. The normalized spacial score (nSPS) is 10.7. The van der Waals surface area contributed by atoms with E-state index < -0.39 is 5.97 Å². The maximum atomic E-state index is 10.7. The number of benzene rings is 2. The molecule has 0 aliphatic rings. The summed E-state index contributed by atoms with van der Waals surface area (Å²) in [4.78, 5) is 14.8. The molecule has 0 unspecified atom stereocenters. The number of aromatic carboxylic acids is 1. The lowest BCUT2D eigenvalue weighted by atomic mass is 10.2. The first kappa shape index (κ1) is 12.6. The third-order valence-electron chi connectivity index (χ3n) is 2.48. The summed E-state index contributed by atoms with van der Waals surface area (Å²) in [5.41, 5.74) is 1.21. The Labute approximate surface area is 109 Å². The van der Waals surface area contributed by atoms with Gasteiger partial charge in [0.25, 0.3) is 0 Å². The summed E-state index contributed by atoms with van der Waals surface area (Å²) in [7, 11) is 0. The molecule has 19 heavy (non-hydrogen) atoms. The fraction of sp³-hybridized carbons (Fsp3) is 0. The number of carboxylic acid groups (broad SMARTS) is 1. The maximum absolute atomic E-state index is 10.7. The highest BCUT2D eigenvalue weighted by molar-refractivity contribution is 5.88. The summed E-state index contributed by atoms with van der Waals surface area (Å²) in [5.74, 6) is -1.10. The summed E-state index contributed by atoms with van der Waals surface area (Å²) in [5, 5.41) is 27.5. The highest BCUT2D eigenvalue weighted by atomic mass is 16.4. The number of aliphatic imine (C=N–C) groups is 1. The van der Waals surface area contributed by atoms with E-state index in [2.05, 4.69) is 4.99 Å². The molecule has 2 aromatic carbocycles. The lowest BCUT2D eigenvalue weighted by Gasteiger charge is -1.99. The SMILES string of the molecule is O=C(O)c1ccc(/N=C/c2ccc(O)cc2O)cc1. The number of phenolic OH excluding ortho intramolecular Hbond substituents is 2. The number of hydrogen-bond acceptors (Lipinski definition) is 4. The minimum absolute atomic E-state index is 0.0274. The second kappa shape index (κ2) is 5.22. The van der Waals surface area contributed by atoms with Crippen LogP contribution < -0.4 is 0 Å². The van der Waals surface area contributed by atoms with Crippen LogP contribution in [0, 0.1) is 0 Å². The van der Waals surface area contributed by atoms with Crippen LogP contribution in [-0.2, 0) is 0 Å². The van der Waals surface area contributed by atoms with Crippen molar-refractivity contribution in [1.29, 1.82) is 0 Å². The quantitative estimate of drug-likeness (QED) is 0.737. The fourth-order valence-electron chi connectivity index (χ4n) is 1.48. The molecule has 5 heteroatoms. The van der Waals surface area contributed by atoms with E-state index >= 15 is 0 Å². The van der Waals surface area contributed by atoms with E-state index in [9.17, 15) is 9.90 Å². The maximum Gasteiger partial charge on any atom is 0.335 e. The highest BCUT2D eigenvalue weighted by Crippen LogP contribution is 2.22. The zero-order valence-electron chi connectivity index (χ0n) is 9.82. The van der Waals surface area contributed by atoms with E-state index in [0.717, 1.165) is 0 Å². The van der Waals surface area contributed by atoms with Crippen LogP contribution in [0.5, 0.6) is 11.5 Å². The molecule has 0 aliphatic heterocycles. The fourth-order valence-corrected chi connectivity index (χ4v) is 1.48. The minimum atomic E-state index is -0.994. The number of hydrogen-bond donors (Lipinski definition) is 3. The van der Waals surface area contributed by atoms with Gasteiger partial charge in [0.15, 0.2) is 0 Å². The van der Waals surface area contributed by atoms with Gasteiger partial charge in [-0.3, -0.25) is 4.99 Å². The molecule has 0 amide bonds. The second-order valence-electron chi connectivity index (χ2n) is 3.85. The Hall–Kier alpha value is -2.82. The number of carboxylic acids is 1. The molecule has 0 bridgehead atoms. The van der Waals surface area contributed by atoms with E-state index in [1.807, 2.05) is 0 Å². The van der Waals surface area contributed by atoms with Gasteiger partial charge in [0.1, 0.15) is 11.5 Å². The van der Waals surface area contributed by atoms with Crippen molar-refractivity contribution >= 4 is 17.9 Å². The number of phenols is 2. The summed E-state index contributed by atoms with van der Waals surface area (Å²) >= 11 is 0. The van der Waals surface area contributed by atoms with Gasteiger partial charge < -0.3 is 15.3 Å². The number of nitrogens with zero attached hydrogens (tertiary/aromatic N) is 1. The molecule has 0 fully saturated rings. The molecule has 0 aliphatic carbocycles. The Kier molecular flexibility index (Phi) is 3.47. The molecule has 0 spiro atoms. The van der Waals surface area contributed by atoms with Gasteiger partial charge in [-0.05, 0) is 36.4 Å². The summed E-state index contributed by atoms with van der Waals surface area (Å²) in [6.45, 7) is 0. The average molecular weight is 257 g/mol. The number of aromatic hydroxyl groups is 2. The predicted molar refractivity (Wildman–Crippen MR) is 70.4 cm³/mol. The van der Waals surface area contributed by atoms with Gasteiger partial charge in [-0.1, -0.05) is 0 Å². The van der Waals surface area contributed by atoms with E-state index in [1.54, 1.807) is 12.1 Å². The van der Waals surface area contributed by atoms with Gasteiger partial charge in [0, 0.05) is 17.8 Å². The molecule has 0 heterocycles. The van der Waals surface area contributed by atoms with Crippen LogP contribution in [0.4, 0.5) is 5.69 Å². The van der Waals surface area contributed by atoms with Crippen molar-refractivity contribution in [2.75, 3.05) is 0 Å². The highest BCUT2D eigenvalue weighted by Gasteiger charge is 2.01. The van der Waals surface area contributed by atoms with Crippen molar-refractivity contribution in [2.24, 2.45) is 4.99 Å². The third kappa shape index (κ3) is 3.10. The van der Waals surface area contributed by atoms with Gasteiger partial charge in [-0.2, -0.15) is 0 Å². The predicted octanol–water partition coefficient (Wildman–Crippen LogP) is 2.55. The Bertz CT molecular complexity index is 632. The lowest BCUT2D eigenvalue weighted by molar-refractivity contribution is 0.0697.